The van der Waals surface area contributed by atoms with E-state index in [1.54, 1.807) is 5.20 Å². The van der Waals surface area contributed by atoms with Gasteiger partial charge in [-0.2, -0.15) is 0 Å². The molecule has 0 aromatic carbocycles. The van der Waals surface area contributed by atoms with E-state index in [9.17, 15) is 0 Å². The third kappa shape index (κ3) is 2.67. The lowest BCUT2D eigenvalue weighted by atomic mass is 10.2. The van der Waals surface area contributed by atoms with Crippen molar-refractivity contribution in [2.24, 2.45) is 0 Å². The van der Waals surface area contributed by atoms with Crippen LogP contribution in [0.25, 0.3) is 0 Å². The van der Waals surface area contributed by atoms with Crippen molar-refractivity contribution in [3.63, 3.8) is 0 Å². The van der Waals surface area contributed by atoms with E-state index in [2.05, 4.69) is 36.7 Å². The molecule has 0 radical (unpaired) electrons. The van der Waals surface area contributed by atoms with E-state index in [1.165, 1.54) is 15.8 Å². The standard InChI is InChI=1S/C6H13BrSi/c1-4(5(2)7)6(3)8/h5H,1-3,8H3. The predicted molar refractivity (Wildman–Crippen MR) is 46.7 cm³/mol. The summed E-state index contributed by atoms with van der Waals surface area (Å²) in [7, 11) is 1.20. The molecule has 0 aliphatic rings. The van der Waals surface area contributed by atoms with Crippen LogP contribution in [0.2, 0.25) is 0 Å². The molecule has 0 N–H and O–H groups in total. The molecule has 0 aliphatic heterocycles. The lowest BCUT2D eigenvalue weighted by Gasteiger charge is -2.04. The molecule has 0 bridgehead atoms. The number of rotatable bonds is 1. The number of halogens is 1. The first-order valence-corrected chi connectivity index (χ1v) is 4.75. The molecule has 0 heterocycles. The van der Waals surface area contributed by atoms with Crippen molar-refractivity contribution in [2.45, 2.75) is 25.6 Å². The van der Waals surface area contributed by atoms with Crippen LogP contribution in [0.4, 0.5) is 0 Å². The fourth-order valence-electron chi connectivity index (χ4n) is 0.398. The first-order chi connectivity index (χ1) is 3.55. The van der Waals surface area contributed by atoms with Crippen LogP contribution in [-0.2, 0) is 0 Å². The normalized spacial score (nSPS) is 18.0. The van der Waals surface area contributed by atoms with Crippen LogP contribution >= 0.6 is 15.9 Å². The van der Waals surface area contributed by atoms with Crippen LogP contribution in [0.1, 0.15) is 20.8 Å². The fraction of sp³-hybridized carbons (Fsp3) is 0.667. The molecule has 0 aliphatic carbocycles. The average Bonchev–Trinajstić information content (AvgIpc) is 1.64. The Kier molecular flexibility index (Phi) is 3.65. The summed E-state index contributed by atoms with van der Waals surface area (Å²) in [5.41, 5.74) is 1.50. The fourth-order valence-corrected chi connectivity index (χ4v) is 1.71. The zero-order chi connectivity index (χ0) is 6.73. The molecule has 1 unspecified atom stereocenters. The second-order valence-electron chi connectivity index (χ2n) is 2.30. The predicted octanol–water partition coefficient (Wildman–Crippen LogP) is 1.43. The van der Waals surface area contributed by atoms with Gasteiger partial charge < -0.3 is 0 Å². The van der Waals surface area contributed by atoms with Crippen molar-refractivity contribution in [3.05, 3.63) is 10.8 Å². The Morgan fingerprint density at radius 3 is 1.88 bits per heavy atom. The van der Waals surface area contributed by atoms with Crippen molar-refractivity contribution in [1.82, 2.24) is 0 Å². The molecule has 0 rings (SSSR count). The number of alkyl halides is 1. The average molecular weight is 193 g/mol. The number of allylic oxidation sites excluding steroid dienone is 2. The van der Waals surface area contributed by atoms with Crippen molar-refractivity contribution in [1.29, 1.82) is 0 Å². The lowest BCUT2D eigenvalue weighted by Crippen LogP contribution is -1.94. The molecule has 2 heteroatoms. The minimum absolute atomic E-state index is 0.569. The Labute approximate surface area is 62.9 Å². The highest BCUT2D eigenvalue weighted by molar-refractivity contribution is 9.09. The van der Waals surface area contributed by atoms with Gasteiger partial charge in [0.25, 0.3) is 0 Å². The second kappa shape index (κ2) is 3.46. The number of hydrogen-bond acceptors (Lipinski definition) is 0. The Balaban J connectivity index is 4.00. The zero-order valence-corrected chi connectivity index (χ0v) is 9.54. The summed E-state index contributed by atoms with van der Waals surface area (Å²) in [6, 6.07) is 0. The van der Waals surface area contributed by atoms with Crippen LogP contribution in [-0.4, -0.2) is 15.1 Å². The van der Waals surface area contributed by atoms with Gasteiger partial charge in [-0.1, -0.05) is 26.7 Å². The molecule has 0 saturated carbocycles. The summed E-state index contributed by atoms with van der Waals surface area (Å²) in [6.45, 7) is 6.54. The Morgan fingerprint density at radius 1 is 1.50 bits per heavy atom. The van der Waals surface area contributed by atoms with E-state index in [0.29, 0.717) is 4.83 Å². The highest BCUT2D eigenvalue weighted by Gasteiger charge is 1.97. The molecule has 8 heavy (non-hydrogen) atoms. The van der Waals surface area contributed by atoms with Gasteiger partial charge >= 0.3 is 0 Å². The highest BCUT2D eigenvalue weighted by Crippen LogP contribution is 2.12. The molecule has 48 valence electrons. The summed E-state index contributed by atoms with van der Waals surface area (Å²) in [5, 5.41) is 1.55. The maximum Gasteiger partial charge on any atom is 0.0329 e. The van der Waals surface area contributed by atoms with Crippen LogP contribution in [0.5, 0.6) is 0 Å². The van der Waals surface area contributed by atoms with Gasteiger partial charge in [0.2, 0.25) is 0 Å². The zero-order valence-electron chi connectivity index (χ0n) is 5.96. The smallest absolute Gasteiger partial charge is 0.0329 e. The molecule has 0 fully saturated rings. The summed E-state index contributed by atoms with van der Waals surface area (Å²) < 4.78 is 0. The van der Waals surface area contributed by atoms with E-state index in [-0.39, 0.29) is 0 Å². The number of hydrogen-bond donors (Lipinski definition) is 0. The summed E-state index contributed by atoms with van der Waals surface area (Å²) >= 11 is 3.50. The first kappa shape index (κ1) is 8.44. The van der Waals surface area contributed by atoms with Gasteiger partial charge in [0, 0.05) is 15.1 Å². The quantitative estimate of drug-likeness (QED) is 0.436. The molecule has 1 atom stereocenters. The summed E-state index contributed by atoms with van der Waals surface area (Å²) in [4.78, 5) is 0.569. The molecule has 0 amide bonds. The van der Waals surface area contributed by atoms with E-state index in [1.807, 2.05) is 0 Å². The van der Waals surface area contributed by atoms with Gasteiger partial charge in [-0.25, -0.2) is 0 Å². The van der Waals surface area contributed by atoms with E-state index in [0.717, 1.165) is 0 Å². The molecule has 0 saturated heterocycles. The highest BCUT2D eigenvalue weighted by atomic mass is 79.9. The maximum absolute atomic E-state index is 3.50. The largest absolute Gasteiger partial charge is 0.0948 e. The van der Waals surface area contributed by atoms with E-state index in [4.69, 9.17) is 0 Å². The van der Waals surface area contributed by atoms with Crippen molar-refractivity contribution in [3.8, 4) is 0 Å². The van der Waals surface area contributed by atoms with Gasteiger partial charge in [-0.05, 0) is 20.8 Å². The molecule has 0 nitrogen and oxygen atoms in total. The molecular formula is C6H13BrSi. The Bertz CT molecular complexity index is 101. The Morgan fingerprint density at radius 2 is 1.88 bits per heavy atom. The van der Waals surface area contributed by atoms with Crippen LogP contribution < -0.4 is 0 Å². The summed E-state index contributed by atoms with van der Waals surface area (Å²) in [5.74, 6) is 0. The molecule has 0 aromatic heterocycles. The second-order valence-corrected chi connectivity index (χ2v) is 5.17. The first-order valence-electron chi connectivity index (χ1n) is 2.83. The van der Waals surface area contributed by atoms with Gasteiger partial charge in [-0.15, -0.1) is 0 Å². The van der Waals surface area contributed by atoms with Crippen molar-refractivity contribution >= 4 is 26.2 Å². The minimum atomic E-state index is 0.569. The van der Waals surface area contributed by atoms with Crippen LogP contribution in [0, 0.1) is 0 Å². The lowest BCUT2D eigenvalue weighted by molar-refractivity contribution is 1.12. The summed E-state index contributed by atoms with van der Waals surface area (Å²) in [6.07, 6.45) is 0. The SMILES string of the molecule is CC([SiH3])=C(C)C(C)Br. The van der Waals surface area contributed by atoms with Gasteiger partial charge in [0.15, 0.2) is 0 Å². The molecule has 0 spiro atoms. The topological polar surface area (TPSA) is 0 Å². The molecular weight excluding hydrogens is 180 g/mol. The van der Waals surface area contributed by atoms with Gasteiger partial charge in [0.1, 0.15) is 0 Å². The van der Waals surface area contributed by atoms with E-state index < -0.39 is 0 Å². The van der Waals surface area contributed by atoms with E-state index >= 15 is 0 Å². The maximum atomic E-state index is 3.50. The van der Waals surface area contributed by atoms with Crippen LogP contribution in [0.15, 0.2) is 10.8 Å². The van der Waals surface area contributed by atoms with Crippen molar-refractivity contribution in [2.75, 3.05) is 0 Å². The monoisotopic (exact) mass is 192 g/mol. The van der Waals surface area contributed by atoms with Crippen molar-refractivity contribution < 1.29 is 0 Å². The Hall–Kier alpha value is 0.437. The minimum Gasteiger partial charge on any atom is -0.0948 e. The third-order valence-corrected chi connectivity index (χ3v) is 2.86. The van der Waals surface area contributed by atoms with Gasteiger partial charge in [0.05, 0.1) is 0 Å². The third-order valence-electron chi connectivity index (χ3n) is 1.39. The molecule has 0 aromatic rings. The van der Waals surface area contributed by atoms with Gasteiger partial charge in [-0.3, -0.25) is 0 Å². The van der Waals surface area contributed by atoms with Crippen LogP contribution in [0.3, 0.4) is 0 Å².